The van der Waals surface area contributed by atoms with Crippen LogP contribution in [0.15, 0.2) is 6.07 Å². The number of halogens is 1. The summed E-state index contributed by atoms with van der Waals surface area (Å²) in [5, 5.41) is 4.19. The smallest absolute Gasteiger partial charge is 0.180 e. The summed E-state index contributed by atoms with van der Waals surface area (Å²) in [7, 11) is 0. The van der Waals surface area contributed by atoms with Crippen LogP contribution >= 0.6 is 11.6 Å². The lowest BCUT2D eigenvalue weighted by Crippen LogP contribution is -2.18. The van der Waals surface area contributed by atoms with Crippen molar-refractivity contribution in [2.45, 2.75) is 25.8 Å². The Morgan fingerprint density at radius 1 is 1.35 bits per heavy atom. The number of benzene rings is 1. The van der Waals surface area contributed by atoms with Crippen molar-refractivity contribution in [3.63, 3.8) is 0 Å². The highest BCUT2D eigenvalue weighted by Crippen LogP contribution is 2.43. The summed E-state index contributed by atoms with van der Waals surface area (Å²) in [5.74, 6) is 1.49. The van der Waals surface area contributed by atoms with Gasteiger partial charge in [0.25, 0.3) is 0 Å². The van der Waals surface area contributed by atoms with Gasteiger partial charge >= 0.3 is 0 Å². The first kappa shape index (κ1) is 11.2. The van der Waals surface area contributed by atoms with Crippen LogP contribution in [-0.2, 0) is 0 Å². The van der Waals surface area contributed by atoms with E-state index in [1.54, 1.807) is 0 Å². The first-order valence-electron chi connectivity index (χ1n) is 6.09. The quantitative estimate of drug-likeness (QED) is 0.835. The molecule has 0 spiro atoms. The fourth-order valence-corrected chi connectivity index (χ4v) is 2.83. The van der Waals surface area contributed by atoms with Crippen molar-refractivity contribution in [1.29, 1.82) is 0 Å². The first-order chi connectivity index (χ1) is 8.27. The van der Waals surface area contributed by atoms with Gasteiger partial charge in [0.05, 0.1) is 5.02 Å². The Bertz CT molecular complexity index is 442. The second-order valence-corrected chi connectivity index (χ2v) is 4.96. The molecule has 0 aliphatic carbocycles. The second kappa shape index (κ2) is 4.39. The molecule has 1 unspecified atom stereocenters. The zero-order valence-corrected chi connectivity index (χ0v) is 10.6. The Hall–Kier alpha value is -0.930. The summed E-state index contributed by atoms with van der Waals surface area (Å²) >= 11 is 6.36. The van der Waals surface area contributed by atoms with Gasteiger partial charge in [-0.05, 0) is 43.5 Å². The summed E-state index contributed by atoms with van der Waals surface area (Å²) in [6, 6.07) is 2.49. The van der Waals surface area contributed by atoms with E-state index < -0.39 is 0 Å². The largest absolute Gasteiger partial charge is 0.486 e. The molecule has 1 N–H and O–H groups in total. The van der Waals surface area contributed by atoms with Gasteiger partial charge in [-0.1, -0.05) is 11.6 Å². The summed E-state index contributed by atoms with van der Waals surface area (Å²) < 4.78 is 11.2. The molecule has 3 nitrogen and oxygen atoms in total. The van der Waals surface area contributed by atoms with Gasteiger partial charge in [0, 0.05) is 6.04 Å². The normalized spacial score (nSPS) is 22.8. The maximum absolute atomic E-state index is 6.36. The number of hydrogen-bond donors (Lipinski definition) is 1. The molecule has 2 heterocycles. The van der Waals surface area contributed by atoms with Crippen LogP contribution in [-0.4, -0.2) is 19.8 Å². The van der Waals surface area contributed by atoms with E-state index in [-0.39, 0.29) is 0 Å². The van der Waals surface area contributed by atoms with Gasteiger partial charge in [-0.2, -0.15) is 0 Å². The van der Waals surface area contributed by atoms with Crippen LogP contribution in [0.4, 0.5) is 0 Å². The van der Waals surface area contributed by atoms with Crippen LogP contribution in [0.1, 0.15) is 30.0 Å². The molecule has 4 heteroatoms. The molecule has 2 aliphatic rings. The molecule has 0 saturated carbocycles. The van der Waals surface area contributed by atoms with Crippen LogP contribution in [0, 0.1) is 6.92 Å². The molecule has 1 fully saturated rings. The average molecular weight is 254 g/mol. The Morgan fingerprint density at radius 3 is 2.94 bits per heavy atom. The van der Waals surface area contributed by atoms with Crippen molar-refractivity contribution in [3.8, 4) is 11.5 Å². The average Bonchev–Trinajstić information content (AvgIpc) is 2.87. The van der Waals surface area contributed by atoms with Gasteiger partial charge in [-0.15, -0.1) is 0 Å². The Balaban J connectivity index is 2.06. The molecule has 92 valence electrons. The molecule has 1 aromatic carbocycles. The van der Waals surface area contributed by atoms with Crippen molar-refractivity contribution in [2.24, 2.45) is 0 Å². The topological polar surface area (TPSA) is 30.5 Å². The Kier molecular flexibility index (Phi) is 2.89. The highest BCUT2D eigenvalue weighted by atomic mass is 35.5. The first-order valence-corrected chi connectivity index (χ1v) is 6.47. The van der Waals surface area contributed by atoms with Gasteiger partial charge < -0.3 is 14.8 Å². The molecule has 0 radical (unpaired) electrons. The standard InChI is InChI=1S/C13H16ClNO2/c1-8-9(10-3-2-4-15-10)7-11-13(12(8)14)17-6-5-16-11/h7,10,15H,2-6H2,1H3. The third-order valence-electron chi connectivity index (χ3n) is 3.50. The number of hydrogen-bond acceptors (Lipinski definition) is 3. The minimum atomic E-state index is 0.406. The number of fused-ring (bicyclic) bond motifs is 1. The third-order valence-corrected chi connectivity index (χ3v) is 3.95. The zero-order chi connectivity index (χ0) is 11.8. The molecule has 1 saturated heterocycles. The number of rotatable bonds is 1. The van der Waals surface area contributed by atoms with E-state index >= 15 is 0 Å². The van der Waals surface area contributed by atoms with Crippen molar-refractivity contribution < 1.29 is 9.47 Å². The fraction of sp³-hybridized carbons (Fsp3) is 0.538. The van der Waals surface area contributed by atoms with E-state index in [9.17, 15) is 0 Å². The zero-order valence-electron chi connectivity index (χ0n) is 9.88. The monoisotopic (exact) mass is 253 g/mol. The highest BCUT2D eigenvalue weighted by molar-refractivity contribution is 6.33. The highest BCUT2D eigenvalue weighted by Gasteiger charge is 2.25. The van der Waals surface area contributed by atoms with E-state index in [0.29, 0.717) is 30.0 Å². The van der Waals surface area contributed by atoms with Gasteiger partial charge in [-0.3, -0.25) is 0 Å². The lowest BCUT2D eigenvalue weighted by Gasteiger charge is -2.24. The van der Waals surface area contributed by atoms with E-state index in [4.69, 9.17) is 21.1 Å². The maximum Gasteiger partial charge on any atom is 0.180 e. The lowest BCUT2D eigenvalue weighted by atomic mass is 9.99. The summed E-state index contributed by atoms with van der Waals surface area (Å²) in [6.07, 6.45) is 2.38. The summed E-state index contributed by atoms with van der Waals surface area (Å²) in [5.41, 5.74) is 2.35. The predicted octanol–water partition coefficient (Wildman–Crippen LogP) is 2.84. The molecule has 1 aromatic rings. The van der Waals surface area contributed by atoms with Crippen LogP contribution in [0.2, 0.25) is 5.02 Å². The van der Waals surface area contributed by atoms with Crippen LogP contribution < -0.4 is 14.8 Å². The van der Waals surface area contributed by atoms with Crippen LogP contribution in [0.5, 0.6) is 11.5 Å². The molecule has 3 rings (SSSR count). The minimum absolute atomic E-state index is 0.406. The van der Waals surface area contributed by atoms with Gasteiger partial charge in [0.15, 0.2) is 11.5 Å². The Morgan fingerprint density at radius 2 is 2.18 bits per heavy atom. The van der Waals surface area contributed by atoms with Gasteiger partial charge in [-0.25, -0.2) is 0 Å². The predicted molar refractivity (Wildman–Crippen MR) is 67.2 cm³/mol. The van der Waals surface area contributed by atoms with Gasteiger partial charge in [0.2, 0.25) is 0 Å². The van der Waals surface area contributed by atoms with E-state index in [0.717, 1.165) is 24.3 Å². The minimum Gasteiger partial charge on any atom is -0.486 e. The van der Waals surface area contributed by atoms with Crippen molar-refractivity contribution >= 4 is 11.6 Å². The van der Waals surface area contributed by atoms with Crippen LogP contribution in [0.3, 0.4) is 0 Å². The van der Waals surface area contributed by atoms with E-state index in [1.165, 1.54) is 12.0 Å². The van der Waals surface area contributed by atoms with Crippen LogP contribution in [0.25, 0.3) is 0 Å². The van der Waals surface area contributed by atoms with Crippen molar-refractivity contribution in [2.75, 3.05) is 19.8 Å². The lowest BCUT2D eigenvalue weighted by molar-refractivity contribution is 0.171. The summed E-state index contributed by atoms with van der Waals surface area (Å²) in [6.45, 7) is 4.31. The third kappa shape index (κ3) is 1.87. The van der Waals surface area contributed by atoms with Gasteiger partial charge in [0.1, 0.15) is 13.2 Å². The van der Waals surface area contributed by atoms with Crippen molar-refractivity contribution in [1.82, 2.24) is 5.32 Å². The van der Waals surface area contributed by atoms with E-state index in [2.05, 4.69) is 18.3 Å². The summed E-state index contributed by atoms with van der Waals surface area (Å²) in [4.78, 5) is 0. The molecular weight excluding hydrogens is 238 g/mol. The maximum atomic E-state index is 6.36. The molecule has 0 aromatic heterocycles. The van der Waals surface area contributed by atoms with Crippen molar-refractivity contribution in [3.05, 3.63) is 22.2 Å². The molecule has 17 heavy (non-hydrogen) atoms. The second-order valence-electron chi connectivity index (χ2n) is 4.58. The molecular formula is C13H16ClNO2. The molecule has 2 aliphatic heterocycles. The fourth-order valence-electron chi connectivity index (χ4n) is 2.57. The molecule has 1 atom stereocenters. The number of nitrogens with one attached hydrogen (secondary N) is 1. The SMILES string of the molecule is Cc1c(C2CCCN2)cc2c(c1Cl)OCCO2. The Labute approximate surface area is 106 Å². The molecule has 0 bridgehead atoms. The molecule has 0 amide bonds. The van der Waals surface area contributed by atoms with E-state index in [1.807, 2.05) is 0 Å². The number of ether oxygens (including phenoxy) is 2.